The molecule has 10 rings (SSSR count). The quantitative estimate of drug-likeness (QED) is 0.0625. The number of amides is 2. The van der Waals surface area contributed by atoms with Crippen LogP contribution in [0.2, 0.25) is 5.15 Å². The number of benzene rings is 5. The molecule has 0 saturated heterocycles. The summed E-state index contributed by atoms with van der Waals surface area (Å²) in [5, 5.41) is 25.0. The van der Waals surface area contributed by atoms with Crippen molar-refractivity contribution in [1.82, 2.24) is 20.6 Å². The molecule has 4 aromatic heterocycles. The van der Waals surface area contributed by atoms with Crippen LogP contribution in [0.4, 0.5) is 24.5 Å². The fourth-order valence-electron chi connectivity index (χ4n) is 9.80. The lowest BCUT2D eigenvalue weighted by atomic mass is 9.97. The van der Waals surface area contributed by atoms with Crippen molar-refractivity contribution in [3.63, 3.8) is 0 Å². The van der Waals surface area contributed by atoms with Gasteiger partial charge in [0.2, 0.25) is 20.0 Å². The number of hydrogen-bond acceptors (Lipinski definition) is 12. The zero-order chi connectivity index (χ0) is 59.7. The Labute approximate surface area is 482 Å². The van der Waals surface area contributed by atoms with Crippen LogP contribution in [-0.2, 0) is 39.3 Å². The largest absolute Gasteiger partial charge is 0.455 e. The molecule has 0 aliphatic heterocycles. The van der Waals surface area contributed by atoms with E-state index in [4.69, 9.17) is 30.5 Å². The maximum absolute atomic E-state index is 14.7. The molecule has 16 nitrogen and oxygen atoms in total. The minimum Gasteiger partial charge on any atom is -0.455 e. The highest BCUT2D eigenvalue weighted by molar-refractivity contribution is 7.92. The summed E-state index contributed by atoms with van der Waals surface area (Å²) in [5.74, 6) is -1.69. The number of halogens is 4. The summed E-state index contributed by atoms with van der Waals surface area (Å²) in [4.78, 5) is 35.7. The molecule has 22 heteroatoms. The summed E-state index contributed by atoms with van der Waals surface area (Å²) in [6.07, 6.45) is 6.44. The lowest BCUT2D eigenvalue weighted by molar-refractivity contribution is 0.0956. The number of aromatic nitrogens is 2. The van der Waals surface area contributed by atoms with Crippen molar-refractivity contribution < 1.29 is 58.6 Å². The lowest BCUT2D eigenvalue weighted by Crippen LogP contribution is -2.25. The molecule has 0 fully saturated rings. The molecule has 83 heavy (non-hydrogen) atoms. The molecular formula is C61H56ClF3N6O10S2. The zero-order valence-corrected chi connectivity index (χ0v) is 48.2. The zero-order valence-electron chi connectivity index (χ0n) is 45.8. The van der Waals surface area contributed by atoms with Gasteiger partial charge in [-0.05, 0) is 133 Å². The predicted molar refractivity (Wildman–Crippen MR) is 317 cm³/mol. The Balaban J connectivity index is 0.000000205. The van der Waals surface area contributed by atoms with Gasteiger partial charge in [-0.15, -0.1) is 0 Å². The topological polar surface area (TPSA) is 225 Å². The van der Waals surface area contributed by atoms with Crippen LogP contribution in [0.1, 0.15) is 61.5 Å². The van der Waals surface area contributed by atoms with E-state index in [0.29, 0.717) is 87.8 Å². The van der Waals surface area contributed by atoms with E-state index in [2.05, 4.69) is 15.6 Å². The minimum absolute atomic E-state index is 0.0111. The predicted octanol–water partition coefficient (Wildman–Crippen LogP) is 10.9. The number of nitrogens with one attached hydrogen (secondary N) is 2. The number of carbonyl (C=O) groups is 2. The minimum atomic E-state index is -3.76. The average molecular weight is 1190 g/mol. The molecule has 9 aromatic rings. The molecule has 0 saturated carbocycles. The maximum atomic E-state index is 14.7. The van der Waals surface area contributed by atoms with E-state index in [9.17, 15) is 44.7 Å². The van der Waals surface area contributed by atoms with Gasteiger partial charge >= 0.3 is 0 Å². The number of allylic oxidation sites excluding steroid dienone is 1. The summed E-state index contributed by atoms with van der Waals surface area (Å²) in [5.41, 5.74) is 8.34. The second kappa shape index (κ2) is 24.2. The number of fused-ring (bicyclic) bond motifs is 3. The van der Waals surface area contributed by atoms with E-state index in [-0.39, 0.29) is 69.4 Å². The molecule has 0 unspecified atom stereocenters. The fourth-order valence-corrected chi connectivity index (χ4v) is 11.1. The van der Waals surface area contributed by atoms with Crippen molar-refractivity contribution in [3.8, 4) is 45.2 Å². The summed E-state index contributed by atoms with van der Waals surface area (Å²) in [6.45, 7) is -0.00852. The molecule has 0 spiro atoms. The Bertz CT molecular complexity index is 4270. The number of furan rings is 2. The third kappa shape index (κ3) is 12.3. The van der Waals surface area contributed by atoms with Gasteiger partial charge in [0.15, 0.2) is 0 Å². The summed E-state index contributed by atoms with van der Waals surface area (Å²) < 4.78 is 107. The Morgan fingerprint density at radius 3 is 1.53 bits per heavy atom. The average Bonchev–Trinajstić information content (AvgIpc) is 4.37. The number of pyridine rings is 2. The van der Waals surface area contributed by atoms with Crippen LogP contribution in [0.15, 0.2) is 124 Å². The first-order valence-corrected chi connectivity index (χ1v) is 30.0. The van der Waals surface area contributed by atoms with Gasteiger partial charge in [0.1, 0.15) is 45.3 Å². The number of aryl methyl sites for hydroxylation is 2. The summed E-state index contributed by atoms with van der Waals surface area (Å²) >= 11 is 6.42. The van der Waals surface area contributed by atoms with Crippen LogP contribution < -0.4 is 19.2 Å². The first kappa shape index (κ1) is 59.3. The van der Waals surface area contributed by atoms with Crippen LogP contribution in [0.5, 0.6) is 0 Å². The second-order valence-electron chi connectivity index (χ2n) is 19.6. The smallest absolute Gasteiger partial charge is 0.255 e. The van der Waals surface area contributed by atoms with Crippen molar-refractivity contribution in [2.75, 3.05) is 62.5 Å². The Morgan fingerprint density at radius 2 is 1.10 bits per heavy atom. The molecule has 4 N–H and O–H groups in total. The van der Waals surface area contributed by atoms with Crippen molar-refractivity contribution in [2.45, 2.75) is 32.1 Å². The molecule has 0 bridgehead atoms. The SMILES string of the molecule is CNC(=O)c1c(-c2ccc(F)cc2)oc2cc(N(C)S(C)(=O)=O)c(-c3ccc(CCCO)c(C4=Cc5c(F)cccc5C4)n3)cc12.CNC(=O)c1c(-c2ccc(F)cc2)oc2cc(N(C)S(C)(=O)=O)c(-c3ccc(CCCO)c(Cl)n3)cc12. The fraction of sp³-hybridized carbons (Fsp3) is 0.213. The van der Waals surface area contributed by atoms with E-state index >= 15 is 0 Å². The van der Waals surface area contributed by atoms with E-state index in [1.54, 1.807) is 48.5 Å². The highest BCUT2D eigenvalue weighted by Gasteiger charge is 2.30. The second-order valence-corrected chi connectivity index (χ2v) is 24.0. The number of carbonyl (C=O) groups excluding carboxylic acids is 2. The van der Waals surface area contributed by atoms with Crippen LogP contribution in [0.3, 0.4) is 0 Å². The first-order valence-electron chi connectivity index (χ1n) is 26.0. The third-order valence-electron chi connectivity index (χ3n) is 14.2. The number of aliphatic hydroxyl groups excluding tert-OH is 2. The number of rotatable bonds is 17. The number of nitrogens with zero attached hydrogens (tertiary/aromatic N) is 4. The molecule has 1 aliphatic rings. The van der Waals surface area contributed by atoms with E-state index in [1.807, 2.05) is 12.1 Å². The number of sulfonamides is 2. The Hall–Kier alpha value is -8.34. The van der Waals surface area contributed by atoms with Crippen LogP contribution >= 0.6 is 11.6 Å². The molecule has 0 radical (unpaired) electrons. The van der Waals surface area contributed by atoms with Gasteiger partial charge in [-0.3, -0.25) is 18.2 Å². The molecule has 4 heterocycles. The lowest BCUT2D eigenvalue weighted by Gasteiger charge is -2.21. The van der Waals surface area contributed by atoms with E-state index in [0.717, 1.165) is 43.4 Å². The van der Waals surface area contributed by atoms with Gasteiger partial charge in [0.05, 0.1) is 52.1 Å². The van der Waals surface area contributed by atoms with Gasteiger partial charge in [0, 0.05) is 98.5 Å². The molecule has 430 valence electrons. The third-order valence-corrected chi connectivity index (χ3v) is 16.9. The molecule has 0 atom stereocenters. The number of hydrogen-bond donors (Lipinski definition) is 4. The van der Waals surface area contributed by atoms with Crippen molar-refractivity contribution in [2.24, 2.45) is 0 Å². The standard InChI is InChI=1S/C35H31F2N3O5S.C26H25ClFN3O5S/c1-38-35(42)32-27-18-26(30(40(2)46(3,43)44)19-31(27)45-34(32)21-9-12-24(36)13-10-21)29-14-11-20(7-5-15-41)33(39-29)23-16-22-6-4-8-28(37)25(22)17-23;1-29-26(33)23-19-13-18(20-11-8-16(5-4-12-32)25(27)30-20)21(31(2)37(3,34)35)14-22(19)36-24(23)15-6-9-17(28)10-7-15/h4,6,8-14,17-19,41H,5,7,15-16H2,1-3H3,(H,38,42);6-11,13-14,32H,4-5,12H2,1-3H3,(H,29,33). The van der Waals surface area contributed by atoms with E-state index in [1.165, 1.54) is 88.9 Å². The summed E-state index contributed by atoms with van der Waals surface area (Å²) in [7, 11) is -1.66. The number of anilines is 2. The van der Waals surface area contributed by atoms with Gasteiger partial charge in [-0.25, -0.2) is 40.0 Å². The van der Waals surface area contributed by atoms with Crippen LogP contribution in [0, 0.1) is 17.5 Å². The summed E-state index contributed by atoms with van der Waals surface area (Å²) in [6, 6.07) is 29.5. The highest BCUT2D eigenvalue weighted by Crippen LogP contribution is 2.44. The van der Waals surface area contributed by atoms with Gasteiger partial charge in [-0.1, -0.05) is 35.9 Å². The first-order chi connectivity index (χ1) is 39.5. The van der Waals surface area contributed by atoms with Crippen molar-refractivity contribution >= 4 is 88.4 Å². The maximum Gasteiger partial charge on any atom is 0.255 e. The van der Waals surface area contributed by atoms with Gasteiger partial charge in [0.25, 0.3) is 11.8 Å². The normalized spacial score (nSPS) is 12.2. The van der Waals surface area contributed by atoms with Crippen molar-refractivity contribution in [1.29, 1.82) is 0 Å². The van der Waals surface area contributed by atoms with E-state index < -0.39 is 43.5 Å². The molecule has 1 aliphatic carbocycles. The monoisotopic (exact) mass is 1190 g/mol. The van der Waals surface area contributed by atoms with Crippen LogP contribution in [-0.4, -0.2) is 103 Å². The van der Waals surface area contributed by atoms with Crippen LogP contribution in [0.25, 0.3) is 78.7 Å². The Morgan fingerprint density at radius 1 is 0.639 bits per heavy atom. The van der Waals surface area contributed by atoms with Gasteiger partial charge < -0.3 is 29.7 Å². The molecule has 5 aromatic carbocycles. The highest BCUT2D eigenvalue weighted by atomic mass is 35.5. The molecule has 2 amide bonds. The Kier molecular flexibility index (Phi) is 17.3. The molecular weight excluding hydrogens is 1130 g/mol. The van der Waals surface area contributed by atoms with Crippen molar-refractivity contribution in [3.05, 3.63) is 177 Å². The van der Waals surface area contributed by atoms with Gasteiger partial charge in [-0.2, -0.15) is 0 Å². The number of aliphatic hydroxyl groups is 2.